The van der Waals surface area contributed by atoms with Crippen LogP contribution in [0.5, 0.6) is 0 Å². The maximum Gasteiger partial charge on any atom is 0.261 e. The van der Waals surface area contributed by atoms with E-state index in [1.165, 1.54) is 11.3 Å². The van der Waals surface area contributed by atoms with E-state index in [2.05, 4.69) is 10.6 Å². The van der Waals surface area contributed by atoms with Crippen LogP contribution < -0.4 is 10.6 Å². The molecule has 0 saturated carbocycles. The summed E-state index contributed by atoms with van der Waals surface area (Å²) >= 11 is 1.40. The third-order valence-corrected chi connectivity index (χ3v) is 4.06. The van der Waals surface area contributed by atoms with Crippen molar-refractivity contribution in [3.05, 3.63) is 22.4 Å². The van der Waals surface area contributed by atoms with E-state index in [0.717, 1.165) is 19.6 Å². The Morgan fingerprint density at radius 3 is 3.00 bits per heavy atom. The van der Waals surface area contributed by atoms with Gasteiger partial charge >= 0.3 is 0 Å². The number of nitrogens with one attached hydrogen (secondary N) is 2. The average molecular weight is 318 g/mol. The molecule has 7 heteroatoms. The normalized spacial score (nSPS) is 18.2. The molecule has 0 bridgehead atoms. The molecule has 2 heterocycles. The first-order valence-electron chi connectivity index (χ1n) is 6.50. The van der Waals surface area contributed by atoms with Gasteiger partial charge in [0.15, 0.2) is 0 Å². The van der Waals surface area contributed by atoms with Crippen LogP contribution in [0.4, 0.5) is 0 Å². The van der Waals surface area contributed by atoms with Gasteiger partial charge in [-0.15, -0.1) is 23.7 Å². The van der Waals surface area contributed by atoms with Crippen LogP contribution in [0.25, 0.3) is 0 Å². The highest BCUT2D eigenvalue weighted by molar-refractivity contribution is 7.12. The van der Waals surface area contributed by atoms with Crippen LogP contribution in [0.2, 0.25) is 0 Å². The first-order valence-corrected chi connectivity index (χ1v) is 7.38. The second kappa shape index (κ2) is 8.24. The molecule has 1 aliphatic heterocycles. The van der Waals surface area contributed by atoms with Crippen molar-refractivity contribution in [3.63, 3.8) is 0 Å². The van der Waals surface area contributed by atoms with E-state index in [-0.39, 0.29) is 30.3 Å². The number of thiophene rings is 1. The second-order valence-corrected chi connectivity index (χ2v) is 5.57. The summed E-state index contributed by atoms with van der Waals surface area (Å²) in [6.07, 6.45) is 0.363. The Morgan fingerprint density at radius 2 is 2.35 bits per heavy atom. The lowest BCUT2D eigenvalue weighted by molar-refractivity contribution is -0.133. The molecule has 1 saturated heterocycles. The topological polar surface area (TPSA) is 61.4 Å². The number of rotatable bonds is 4. The van der Waals surface area contributed by atoms with Gasteiger partial charge in [0.25, 0.3) is 5.91 Å². The molecule has 112 valence electrons. The van der Waals surface area contributed by atoms with Gasteiger partial charge < -0.3 is 15.5 Å². The standard InChI is InChI=1S/C13H19N3O2S.ClH/c1-10-9-14-6-7-16(10)12(17)4-5-15-13(18)11-3-2-8-19-11;/h2-3,8,10,14H,4-7,9H2,1H3,(H,15,18);1H/t10-;/m1./s1. The van der Waals surface area contributed by atoms with E-state index in [1.54, 1.807) is 6.07 Å². The molecule has 0 radical (unpaired) electrons. The minimum atomic E-state index is -0.101. The highest BCUT2D eigenvalue weighted by atomic mass is 35.5. The summed E-state index contributed by atoms with van der Waals surface area (Å²) in [6, 6.07) is 3.85. The number of hydrogen-bond donors (Lipinski definition) is 2. The summed E-state index contributed by atoms with van der Waals surface area (Å²) in [7, 11) is 0. The minimum Gasteiger partial charge on any atom is -0.351 e. The fourth-order valence-electron chi connectivity index (χ4n) is 2.13. The van der Waals surface area contributed by atoms with Crippen LogP contribution in [-0.4, -0.2) is 48.9 Å². The molecule has 1 atom stereocenters. The van der Waals surface area contributed by atoms with Crippen LogP contribution >= 0.6 is 23.7 Å². The van der Waals surface area contributed by atoms with Crippen LogP contribution in [0.3, 0.4) is 0 Å². The Bertz CT molecular complexity index is 439. The van der Waals surface area contributed by atoms with Crippen molar-refractivity contribution in [2.24, 2.45) is 0 Å². The van der Waals surface area contributed by atoms with E-state index < -0.39 is 0 Å². The maximum atomic E-state index is 12.0. The fourth-order valence-corrected chi connectivity index (χ4v) is 2.77. The molecule has 0 aliphatic carbocycles. The summed E-state index contributed by atoms with van der Waals surface area (Å²) in [4.78, 5) is 26.3. The lowest BCUT2D eigenvalue weighted by Crippen LogP contribution is -2.52. The Hall–Kier alpha value is -1.11. The molecule has 20 heavy (non-hydrogen) atoms. The van der Waals surface area contributed by atoms with E-state index in [0.29, 0.717) is 17.8 Å². The van der Waals surface area contributed by atoms with Crippen LogP contribution in [0, 0.1) is 0 Å². The lowest BCUT2D eigenvalue weighted by atomic mass is 10.2. The van der Waals surface area contributed by atoms with Crippen LogP contribution in [0.15, 0.2) is 17.5 Å². The van der Waals surface area contributed by atoms with Gasteiger partial charge in [0.1, 0.15) is 0 Å². The number of carbonyl (C=O) groups is 2. The maximum absolute atomic E-state index is 12.0. The Kier molecular flexibility index (Phi) is 6.98. The van der Waals surface area contributed by atoms with Gasteiger partial charge in [0.05, 0.1) is 4.88 Å². The fraction of sp³-hybridized carbons (Fsp3) is 0.538. The monoisotopic (exact) mass is 317 g/mol. The van der Waals surface area contributed by atoms with Gasteiger partial charge in [0.2, 0.25) is 5.91 Å². The van der Waals surface area contributed by atoms with Gasteiger partial charge in [-0.2, -0.15) is 0 Å². The van der Waals surface area contributed by atoms with Gasteiger partial charge in [-0.05, 0) is 18.4 Å². The lowest BCUT2D eigenvalue weighted by Gasteiger charge is -2.34. The smallest absolute Gasteiger partial charge is 0.261 e. The Balaban J connectivity index is 0.00000200. The number of carbonyl (C=O) groups excluding carboxylic acids is 2. The number of amides is 2. The number of piperazine rings is 1. The van der Waals surface area contributed by atoms with Crippen molar-refractivity contribution in [1.29, 1.82) is 0 Å². The molecule has 2 rings (SSSR count). The SMILES string of the molecule is C[C@@H]1CNCCN1C(=O)CCNC(=O)c1cccs1.Cl. The van der Waals surface area contributed by atoms with Crippen molar-refractivity contribution >= 4 is 35.6 Å². The molecule has 2 N–H and O–H groups in total. The van der Waals surface area contributed by atoms with Crippen molar-refractivity contribution in [1.82, 2.24) is 15.5 Å². The molecular weight excluding hydrogens is 298 g/mol. The van der Waals surface area contributed by atoms with Gasteiger partial charge in [-0.1, -0.05) is 6.07 Å². The highest BCUT2D eigenvalue weighted by Gasteiger charge is 2.22. The zero-order valence-corrected chi connectivity index (χ0v) is 13.1. The predicted molar refractivity (Wildman–Crippen MR) is 82.6 cm³/mol. The molecule has 0 spiro atoms. The molecule has 0 aromatic carbocycles. The second-order valence-electron chi connectivity index (χ2n) is 4.62. The molecule has 0 unspecified atom stereocenters. The van der Waals surface area contributed by atoms with Crippen molar-refractivity contribution < 1.29 is 9.59 Å². The molecule has 1 fully saturated rings. The van der Waals surface area contributed by atoms with Gasteiger partial charge in [-0.25, -0.2) is 0 Å². The third-order valence-electron chi connectivity index (χ3n) is 3.19. The highest BCUT2D eigenvalue weighted by Crippen LogP contribution is 2.08. The van der Waals surface area contributed by atoms with E-state index >= 15 is 0 Å². The summed E-state index contributed by atoms with van der Waals surface area (Å²) in [6.45, 7) is 4.87. The average Bonchev–Trinajstić information content (AvgIpc) is 2.93. The summed E-state index contributed by atoms with van der Waals surface area (Å²) in [5.74, 6) is 0.0108. The van der Waals surface area contributed by atoms with E-state index in [9.17, 15) is 9.59 Å². The van der Waals surface area contributed by atoms with Gasteiger partial charge in [0, 0.05) is 38.6 Å². The summed E-state index contributed by atoms with van der Waals surface area (Å²) in [5, 5.41) is 7.89. The molecule has 1 aliphatic rings. The third kappa shape index (κ3) is 4.47. The van der Waals surface area contributed by atoms with Gasteiger partial charge in [-0.3, -0.25) is 9.59 Å². The van der Waals surface area contributed by atoms with Crippen LogP contribution in [-0.2, 0) is 4.79 Å². The molecule has 1 aromatic heterocycles. The van der Waals surface area contributed by atoms with Crippen molar-refractivity contribution in [2.75, 3.05) is 26.2 Å². The van der Waals surface area contributed by atoms with Crippen molar-refractivity contribution in [2.45, 2.75) is 19.4 Å². The molecule has 2 amide bonds. The molecular formula is C13H20ClN3O2S. The minimum absolute atomic E-state index is 0. The van der Waals surface area contributed by atoms with E-state index in [1.807, 2.05) is 23.3 Å². The predicted octanol–water partition coefficient (Wildman–Crippen LogP) is 1.11. The number of hydrogen-bond acceptors (Lipinski definition) is 4. The molecule has 1 aromatic rings. The quantitative estimate of drug-likeness (QED) is 0.874. The summed E-state index contributed by atoms with van der Waals surface area (Å²) < 4.78 is 0. The van der Waals surface area contributed by atoms with Crippen molar-refractivity contribution in [3.8, 4) is 0 Å². The Morgan fingerprint density at radius 1 is 1.55 bits per heavy atom. The number of nitrogens with zero attached hydrogens (tertiary/aromatic N) is 1. The summed E-state index contributed by atoms with van der Waals surface area (Å²) in [5.41, 5.74) is 0. The first-order chi connectivity index (χ1) is 9.18. The van der Waals surface area contributed by atoms with E-state index in [4.69, 9.17) is 0 Å². The Labute approximate surface area is 129 Å². The number of halogens is 1. The zero-order valence-electron chi connectivity index (χ0n) is 11.4. The first kappa shape index (κ1) is 16.9. The molecule has 5 nitrogen and oxygen atoms in total. The largest absolute Gasteiger partial charge is 0.351 e. The zero-order chi connectivity index (χ0) is 13.7. The van der Waals surface area contributed by atoms with Crippen LogP contribution in [0.1, 0.15) is 23.0 Å².